The molecule has 0 atom stereocenters. The minimum atomic E-state index is -0.672. The van der Waals surface area contributed by atoms with Crippen LogP contribution in [0.2, 0.25) is 0 Å². The van der Waals surface area contributed by atoms with Crippen molar-refractivity contribution >= 4 is 11.5 Å². The summed E-state index contributed by atoms with van der Waals surface area (Å²) >= 11 is 0. The van der Waals surface area contributed by atoms with Gasteiger partial charge in [0.2, 0.25) is 0 Å². The molecule has 2 N–H and O–H groups in total. The van der Waals surface area contributed by atoms with Crippen LogP contribution >= 0.6 is 0 Å². The number of rotatable bonds is 1. The summed E-state index contributed by atoms with van der Waals surface area (Å²) in [7, 11) is 0. The van der Waals surface area contributed by atoms with Crippen LogP contribution in [-0.4, -0.2) is 16.6 Å². The Bertz CT molecular complexity index is 486. The first kappa shape index (κ1) is 10.7. The first-order valence-corrected chi connectivity index (χ1v) is 5.26. The second-order valence-electron chi connectivity index (χ2n) is 4.62. The van der Waals surface area contributed by atoms with Gasteiger partial charge in [0.15, 0.2) is 0 Å². The van der Waals surface area contributed by atoms with E-state index in [9.17, 15) is 9.90 Å². The molecule has 0 spiro atoms. The van der Waals surface area contributed by atoms with Crippen LogP contribution in [0.25, 0.3) is 5.57 Å². The van der Waals surface area contributed by atoms with Gasteiger partial charge in [0, 0.05) is 0 Å². The third-order valence-electron chi connectivity index (χ3n) is 2.90. The summed E-state index contributed by atoms with van der Waals surface area (Å²) in [6.07, 6.45) is 0. The van der Waals surface area contributed by atoms with E-state index in [2.05, 4.69) is 5.32 Å². The number of amides is 1. The Morgan fingerprint density at radius 3 is 2.38 bits per heavy atom. The van der Waals surface area contributed by atoms with E-state index < -0.39 is 5.54 Å². The summed E-state index contributed by atoms with van der Waals surface area (Å²) in [6, 6.07) is 7.55. The van der Waals surface area contributed by atoms with Gasteiger partial charge in [-0.1, -0.05) is 24.3 Å². The Morgan fingerprint density at radius 2 is 1.88 bits per heavy atom. The van der Waals surface area contributed by atoms with Gasteiger partial charge in [-0.3, -0.25) is 4.79 Å². The second kappa shape index (κ2) is 3.37. The monoisotopic (exact) mass is 217 g/mol. The number of nitrogens with one attached hydrogen (secondary N) is 1. The largest absolute Gasteiger partial charge is 0.509 e. The van der Waals surface area contributed by atoms with Gasteiger partial charge in [0.05, 0.1) is 11.1 Å². The predicted octanol–water partition coefficient (Wildman–Crippen LogP) is 2.17. The number of aryl methyl sites for hydroxylation is 1. The molecule has 0 aliphatic carbocycles. The molecule has 0 saturated heterocycles. The Hall–Kier alpha value is -1.77. The van der Waals surface area contributed by atoms with E-state index in [1.807, 2.05) is 31.2 Å². The maximum absolute atomic E-state index is 11.8. The second-order valence-corrected chi connectivity index (χ2v) is 4.62. The van der Waals surface area contributed by atoms with Crippen molar-refractivity contribution < 1.29 is 9.90 Å². The number of carbonyl (C=O) groups is 1. The quantitative estimate of drug-likeness (QED) is 0.757. The van der Waals surface area contributed by atoms with Crippen molar-refractivity contribution in [3.05, 3.63) is 41.2 Å². The first-order chi connectivity index (χ1) is 7.43. The van der Waals surface area contributed by atoms with Crippen molar-refractivity contribution in [1.82, 2.24) is 5.32 Å². The topological polar surface area (TPSA) is 49.3 Å². The minimum absolute atomic E-state index is 0.117. The van der Waals surface area contributed by atoms with E-state index in [4.69, 9.17) is 0 Å². The van der Waals surface area contributed by atoms with Gasteiger partial charge in [-0.25, -0.2) is 0 Å². The SMILES string of the molecule is Cc1ccccc1C1=C(O)C(C)(C)NC1=O. The normalized spacial score (nSPS) is 18.8. The van der Waals surface area contributed by atoms with Crippen LogP contribution in [-0.2, 0) is 4.79 Å². The molecular formula is C13H15NO2. The summed E-state index contributed by atoms with van der Waals surface area (Å²) in [4.78, 5) is 11.8. The van der Waals surface area contributed by atoms with Crippen LogP contribution in [0.3, 0.4) is 0 Å². The smallest absolute Gasteiger partial charge is 0.256 e. The van der Waals surface area contributed by atoms with Gasteiger partial charge in [-0.15, -0.1) is 0 Å². The fraction of sp³-hybridized carbons (Fsp3) is 0.308. The predicted molar refractivity (Wildman–Crippen MR) is 62.9 cm³/mol. The van der Waals surface area contributed by atoms with Gasteiger partial charge >= 0.3 is 0 Å². The molecule has 1 aliphatic rings. The lowest BCUT2D eigenvalue weighted by Gasteiger charge is -2.17. The highest BCUT2D eigenvalue weighted by Crippen LogP contribution is 2.32. The van der Waals surface area contributed by atoms with Gasteiger partial charge in [0.1, 0.15) is 5.76 Å². The minimum Gasteiger partial charge on any atom is -0.509 e. The van der Waals surface area contributed by atoms with E-state index in [-0.39, 0.29) is 11.7 Å². The first-order valence-electron chi connectivity index (χ1n) is 5.26. The summed E-state index contributed by atoms with van der Waals surface area (Å²) < 4.78 is 0. The highest BCUT2D eigenvalue weighted by Gasteiger charge is 2.38. The Balaban J connectivity index is 2.61. The number of benzene rings is 1. The van der Waals surface area contributed by atoms with E-state index in [0.717, 1.165) is 11.1 Å². The highest BCUT2D eigenvalue weighted by molar-refractivity contribution is 6.23. The van der Waals surface area contributed by atoms with E-state index in [1.165, 1.54) is 0 Å². The van der Waals surface area contributed by atoms with Gasteiger partial charge in [0.25, 0.3) is 5.91 Å². The molecule has 3 nitrogen and oxygen atoms in total. The Kier molecular flexibility index (Phi) is 2.26. The highest BCUT2D eigenvalue weighted by atomic mass is 16.3. The summed E-state index contributed by atoms with van der Waals surface area (Å²) in [6.45, 7) is 5.49. The van der Waals surface area contributed by atoms with E-state index >= 15 is 0 Å². The number of carbonyl (C=O) groups excluding carboxylic acids is 1. The molecule has 1 aliphatic heterocycles. The molecule has 0 bridgehead atoms. The van der Waals surface area contributed by atoms with Crippen LogP contribution in [0.5, 0.6) is 0 Å². The number of aliphatic hydroxyl groups is 1. The summed E-state index contributed by atoms with van der Waals surface area (Å²) in [5, 5.41) is 12.8. The third kappa shape index (κ3) is 1.48. The standard InChI is InChI=1S/C13H15NO2/c1-8-6-4-5-7-9(8)10-11(15)13(2,3)14-12(10)16/h4-7,15H,1-3H3,(H,14,16). The maximum atomic E-state index is 11.8. The average molecular weight is 217 g/mol. The van der Waals surface area contributed by atoms with Crippen LogP contribution in [0, 0.1) is 6.92 Å². The van der Waals surface area contributed by atoms with E-state index in [1.54, 1.807) is 13.8 Å². The van der Waals surface area contributed by atoms with Crippen LogP contribution in [0.4, 0.5) is 0 Å². The molecule has 2 rings (SSSR count). The zero-order valence-corrected chi connectivity index (χ0v) is 9.66. The van der Waals surface area contributed by atoms with Crippen molar-refractivity contribution in [3.8, 4) is 0 Å². The Labute approximate surface area is 94.8 Å². The van der Waals surface area contributed by atoms with Gasteiger partial charge in [-0.2, -0.15) is 0 Å². The van der Waals surface area contributed by atoms with E-state index in [0.29, 0.717) is 5.57 Å². The molecule has 0 unspecified atom stereocenters. The number of hydrogen-bond acceptors (Lipinski definition) is 2. The lowest BCUT2D eigenvalue weighted by atomic mass is 9.96. The molecule has 0 fully saturated rings. The molecule has 84 valence electrons. The van der Waals surface area contributed by atoms with Crippen molar-refractivity contribution in [2.24, 2.45) is 0 Å². The third-order valence-corrected chi connectivity index (χ3v) is 2.90. The van der Waals surface area contributed by atoms with Crippen LogP contribution in [0.1, 0.15) is 25.0 Å². The van der Waals surface area contributed by atoms with Crippen LogP contribution < -0.4 is 5.32 Å². The summed E-state index contributed by atoms with van der Waals surface area (Å²) in [5.41, 5.74) is 1.50. The van der Waals surface area contributed by atoms with Crippen molar-refractivity contribution in [1.29, 1.82) is 0 Å². The molecule has 1 aromatic carbocycles. The van der Waals surface area contributed by atoms with Gasteiger partial charge in [-0.05, 0) is 31.9 Å². The Morgan fingerprint density at radius 1 is 1.25 bits per heavy atom. The molecule has 3 heteroatoms. The molecule has 0 radical (unpaired) electrons. The molecule has 1 heterocycles. The number of hydrogen-bond donors (Lipinski definition) is 2. The van der Waals surface area contributed by atoms with Crippen molar-refractivity contribution in [2.75, 3.05) is 0 Å². The molecule has 1 aromatic rings. The van der Waals surface area contributed by atoms with Crippen LogP contribution in [0.15, 0.2) is 30.0 Å². The van der Waals surface area contributed by atoms with Gasteiger partial charge < -0.3 is 10.4 Å². The van der Waals surface area contributed by atoms with Crippen molar-refractivity contribution in [2.45, 2.75) is 26.3 Å². The fourth-order valence-electron chi connectivity index (χ4n) is 1.93. The summed E-state index contributed by atoms with van der Waals surface area (Å²) in [5.74, 6) is -0.0939. The molecule has 16 heavy (non-hydrogen) atoms. The van der Waals surface area contributed by atoms with Crippen molar-refractivity contribution in [3.63, 3.8) is 0 Å². The lowest BCUT2D eigenvalue weighted by molar-refractivity contribution is -0.115. The molecular weight excluding hydrogens is 202 g/mol. The number of aliphatic hydroxyl groups excluding tert-OH is 1. The zero-order valence-electron chi connectivity index (χ0n) is 9.66. The molecule has 0 saturated carbocycles. The zero-order chi connectivity index (χ0) is 11.9. The molecule has 0 aromatic heterocycles. The fourth-order valence-corrected chi connectivity index (χ4v) is 1.93. The maximum Gasteiger partial charge on any atom is 0.256 e. The lowest BCUT2D eigenvalue weighted by Crippen LogP contribution is -2.38. The molecule has 1 amide bonds. The average Bonchev–Trinajstić information content (AvgIpc) is 2.39.